The van der Waals surface area contributed by atoms with E-state index in [0.717, 1.165) is 11.1 Å². The van der Waals surface area contributed by atoms with Crippen LogP contribution in [0.15, 0.2) is 95.7 Å². The van der Waals surface area contributed by atoms with Gasteiger partial charge in [0.1, 0.15) is 35.1 Å². The molecule has 1 atom stereocenters. The number of ether oxygens (including phenoxy) is 2. The van der Waals surface area contributed by atoms with Gasteiger partial charge in [0.25, 0.3) is 0 Å². The number of aliphatic imine (C=N–C) groups is 1. The van der Waals surface area contributed by atoms with Gasteiger partial charge >= 0.3 is 11.9 Å². The van der Waals surface area contributed by atoms with Crippen LogP contribution in [0.2, 0.25) is 5.02 Å². The third kappa shape index (κ3) is 8.79. The number of urea groups is 1. The van der Waals surface area contributed by atoms with Crippen LogP contribution in [0, 0.1) is 10.1 Å². The first kappa shape index (κ1) is 38.5. The van der Waals surface area contributed by atoms with E-state index in [2.05, 4.69) is 20.3 Å². The first-order valence-corrected chi connectivity index (χ1v) is 17.8. The second-order valence-corrected chi connectivity index (χ2v) is 14.1. The number of benzene rings is 2. The van der Waals surface area contributed by atoms with E-state index in [0.29, 0.717) is 63.8 Å². The molecule has 4 heterocycles. The van der Waals surface area contributed by atoms with Crippen molar-refractivity contribution in [1.29, 1.82) is 0 Å². The van der Waals surface area contributed by atoms with Crippen molar-refractivity contribution in [2.45, 2.75) is 32.4 Å². The number of hydrogen-bond acceptors (Lipinski definition) is 11. The van der Waals surface area contributed by atoms with Gasteiger partial charge in [-0.1, -0.05) is 40.9 Å². The Morgan fingerprint density at radius 1 is 1.15 bits per heavy atom. The van der Waals surface area contributed by atoms with Crippen molar-refractivity contribution >= 4 is 52.8 Å². The highest BCUT2D eigenvalue weighted by atomic mass is 35.5. The van der Waals surface area contributed by atoms with Crippen LogP contribution in [0.25, 0.3) is 0 Å². The standard InChI is InChI=1S/C39H41ClN9O6/c1-25(27-10-6-9-26(17-27)18-31(50)12-8-16-49(2,3)24-28-13-15-42-36(28)48(52)53)47-37-29(21-43-38(45-37)44-30-11-7-14-41-22-30)23-46(39(47)51)33-19-32(54-4)20-34(55-5)35(33)40/h6-12,14-15,17,19-22,25H,13,16,18,23-24H2,1-5H3,(H,43,44,45)/q+1/b12-8+. The van der Waals surface area contributed by atoms with Crippen LogP contribution < -0.4 is 24.6 Å². The van der Waals surface area contributed by atoms with Gasteiger partial charge in [-0.05, 0) is 47.3 Å². The Morgan fingerprint density at radius 2 is 1.96 bits per heavy atom. The highest BCUT2D eigenvalue weighted by Gasteiger charge is 2.38. The molecule has 0 spiro atoms. The van der Waals surface area contributed by atoms with Crippen molar-refractivity contribution < 1.29 is 28.5 Å². The molecule has 0 fully saturated rings. The Bertz CT molecular complexity index is 2210. The van der Waals surface area contributed by atoms with E-state index in [4.69, 9.17) is 26.1 Å². The summed E-state index contributed by atoms with van der Waals surface area (Å²) in [5, 5.41) is 14.7. The van der Waals surface area contributed by atoms with Crippen LogP contribution in [-0.2, 0) is 17.8 Å². The molecule has 2 amide bonds. The third-order valence-electron chi connectivity index (χ3n) is 9.25. The zero-order valence-electron chi connectivity index (χ0n) is 31.1. The highest BCUT2D eigenvalue weighted by molar-refractivity contribution is 6.35. The maximum atomic E-state index is 14.7. The molecule has 2 aliphatic rings. The molecule has 1 unspecified atom stereocenters. The van der Waals surface area contributed by atoms with Gasteiger partial charge in [0.05, 0.1) is 70.6 Å². The summed E-state index contributed by atoms with van der Waals surface area (Å²) < 4.78 is 11.4. The van der Waals surface area contributed by atoms with Crippen LogP contribution >= 0.6 is 11.6 Å². The molecule has 55 heavy (non-hydrogen) atoms. The van der Waals surface area contributed by atoms with Crippen molar-refractivity contribution in [3.63, 3.8) is 0 Å². The predicted molar refractivity (Wildman–Crippen MR) is 210 cm³/mol. The lowest BCUT2D eigenvalue weighted by Crippen LogP contribution is -2.49. The first-order valence-electron chi connectivity index (χ1n) is 17.4. The van der Waals surface area contributed by atoms with Crippen molar-refractivity contribution in [2.75, 3.05) is 56.5 Å². The van der Waals surface area contributed by atoms with E-state index < -0.39 is 17.0 Å². The number of amides is 2. The number of allylic oxidation sites excluding steroid dienone is 1. The van der Waals surface area contributed by atoms with Gasteiger partial charge in [-0.3, -0.25) is 19.6 Å². The van der Waals surface area contributed by atoms with Crippen molar-refractivity contribution in [2.24, 2.45) is 4.99 Å². The normalized spacial score (nSPS) is 14.7. The molecular weight excluding hydrogens is 726 g/mol. The number of ketones is 1. The Hall–Kier alpha value is -6.19. The summed E-state index contributed by atoms with van der Waals surface area (Å²) in [6.45, 7) is 2.95. The molecule has 16 heteroatoms. The number of hydrogen-bond donors (Lipinski definition) is 1. The van der Waals surface area contributed by atoms with E-state index in [1.807, 2.05) is 51.4 Å². The minimum atomic E-state index is -0.553. The van der Waals surface area contributed by atoms with E-state index in [1.165, 1.54) is 19.1 Å². The maximum Gasteiger partial charge on any atom is 0.368 e. The maximum absolute atomic E-state index is 14.7. The van der Waals surface area contributed by atoms with Gasteiger partial charge in [-0.25, -0.2) is 9.78 Å². The number of nitrogens with one attached hydrogen (secondary N) is 1. The number of fused-ring (bicyclic) bond motifs is 1. The highest BCUT2D eigenvalue weighted by Crippen LogP contribution is 2.43. The molecule has 284 valence electrons. The lowest BCUT2D eigenvalue weighted by Gasteiger charge is -2.39. The molecule has 0 saturated heterocycles. The summed E-state index contributed by atoms with van der Waals surface area (Å²) in [6.07, 6.45) is 10.5. The number of methoxy groups -OCH3 is 2. The van der Waals surface area contributed by atoms with Crippen LogP contribution in [0.3, 0.4) is 0 Å². The Morgan fingerprint density at radius 3 is 2.69 bits per heavy atom. The fraction of sp³-hybridized carbons (Fsp3) is 0.282. The number of nitrogens with zero attached hydrogens (tertiary/aromatic N) is 8. The smallest absolute Gasteiger partial charge is 0.368 e. The van der Waals surface area contributed by atoms with Gasteiger partial charge < -0.3 is 29.4 Å². The molecule has 2 aromatic heterocycles. The predicted octanol–water partition coefficient (Wildman–Crippen LogP) is 6.70. The number of quaternary nitrogens is 1. The fourth-order valence-corrected chi connectivity index (χ4v) is 6.81. The summed E-state index contributed by atoms with van der Waals surface area (Å²) in [4.78, 5) is 59.2. The third-order valence-corrected chi connectivity index (χ3v) is 9.63. The lowest BCUT2D eigenvalue weighted by molar-refractivity contribution is -0.880. The van der Waals surface area contributed by atoms with E-state index in [-0.39, 0.29) is 35.5 Å². The number of likely N-dealkylation sites (N-methyl/N-ethyl adjacent to an activating group) is 1. The number of carbonyl (C=O) groups excluding carboxylic acids is 2. The lowest BCUT2D eigenvalue weighted by atomic mass is 10.00. The average molecular weight is 767 g/mol. The second kappa shape index (κ2) is 16.4. The fourth-order valence-electron chi connectivity index (χ4n) is 6.52. The number of pyridine rings is 1. The molecular formula is C39H41ClN9O6+. The van der Waals surface area contributed by atoms with E-state index in [9.17, 15) is 19.7 Å². The van der Waals surface area contributed by atoms with Crippen LogP contribution in [-0.4, -0.2) is 83.8 Å². The molecule has 0 saturated carbocycles. The van der Waals surface area contributed by atoms with Crippen molar-refractivity contribution in [3.05, 3.63) is 122 Å². The molecule has 1 N–H and O–H groups in total. The van der Waals surface area contributed by atoms with E-state index in [1.54, 1.807) is 60.1 Å². The molecule has 4 aromatic rings. The molecule has 15 nitrogen and oxygen atoms in total. The monoisotopic (exact) mass is 766 g/mol. The first-order chi connectivity index (χ1) is 26.4. The Balaban J connectivity index is 1.26. The molecule has 2 aliphatic heterocycles. The van der Waals surface area contributed by atoms with Crippen molar-refractivity contribution in [1.82, 2.24) is 15.0 Å². The number of carbonyl (C=O) groups is 2. The summed E-state index contributed by atoms with van der Waals surface area (Å²) in [7, 11) is 6.91. The number of aromatic nitrogens is 3. The minimum absolute atomic E-state index is 0.0959. The van der Waals surface area contributed by atoms with E-state index >= 15 is 0 Å². The van der Waals surface area contributed by atoms with Crippen LogP contribution in [0.1, 0.15) is 36.1 Å². The Kier molecular flexibility index (Phi) is 11.5. The summed E-state index contributed by atoms with van der Waals surface area (Å²) >= 11 is 6.80. The van der Waals surface area contributed by atoms with Gasteiger partial charge in [0.2, 0.25) is 5.95 Å². The molecule has 6 rings (SSSR count). The topological polar surface area (TPSA) is 165 Å². The largest absolute Gasteiger partial charge is 0.497 e. The second-order valence-electron chi connectivity index (χ2n) is 13.8. The number of halogens is 1. The van der Waals surface area contributed by atoms with Gasteiger partial charge in [0, 0.05) is 42.9 Å². The summed E-state index contributed by atoms with van der Waals surface area (Å²) in [5.74, 6) is 1.30. The van der Waals surface area contributed by atoms with Crippen LogP contribution in [0.5, 0.6) is 11.5 Å². The minimum Gasteiger partial charge on any atom is -0.497 e. The zero-order chi connectivity index (χ0) is 39.3. The van der Waals surface area contributed by atoms with Gasteiger partial charge in [-0.15, -0.1) is 0 Å². The molecule has 0 aliphatic carbocycles. The van der Waals surface area contributed by atoms with Crippen molar-refractivity contribution in [3.8, 4) is 11.5 Å². The molecule has 0 radical (unpaired) electrons. The van der Waals surface area contributed by atoms with Gasteiger partial charge in [0.15, 0.2) is 5.78 Å². The zero-order valence-corrected chi connectivity index (χ0v) is 31.9. The number of rotatable bonds is 15. The summed E-state index contributed by atoms with van der Waals surface area (Å²) in [5.41, 5.74) is 3.95. The van der Waals surface area contributed by atoms with Crippen LogP contribution in [0.4, 0.5) is 27.9 Å². The quantitative estimate of drug-likeness (QED) is 0.0596. The summed E-state index contributed by atoms with van der Waals surface area (Å²) in [6, 6.07) is 13.5. The number of anilines is 4. The number of nitro groups is 1. The Labute approximate surface area is 323 Å². The SMILES string of the molecule is COc1cc(OC)c(Cl)c(N2Cc3cnc(Nc4cccnc4)nc3N(C(C)c3cccc(CC(=O)/C=C/C[N+](C)(C)CC4=C([N+](=O)[O-])N=CC4)c3)C2=O)c1. The molecule has 0 bridgehead atoms. The molecule has 2 aromatic carbocycles. The van der Waals surface area contributed by atoms with Gasteiger partial charge in [-0.2, -0.15) is 4.98 Å². The average Bonchev–Trinajstić information content (AvgIpc) is 3.63.